The minimum absolute atomic E-state index is 0.373. The number of hydrogen-bond donors (Lipinski definition) is 1. The standard InChI is InChI=1S/C13H28N2O/c1-5-14-12(7-6-11(2)3)13-10-15(4)8-9-16-13/h11-14H,5-10H2,1-4H3. The number of rotatable bonds is 6. The largest absolute Gasteiger partial charge is 0.374 e. The van der Waals surface area contributed by atoms with E-state index in [4.69, 9.17) is 4.74 Å². The third-order valence-corrected chi connectivity index (χ3v) is 3.27. The molecule has 0 amide bonds. The predicted octanol–water partition coefficient (Wildman–Crippen LogP) is 1.73. The fourth-order valence-electron chi connectivity index (χ4n) is 2.25. The molecule has 0 radical (unpaired) electrons. The van der Waals surface area contributed by atoms with Gasteiger partial charge in [0, 0.05) is 19.1 Å². The van der Waals surface area contributed by atoms with Crippen LogP contribution in [0, 0.1) is 5.92 Å². The molecular weight excluding hydrogens is 200 g/mol. The van der Waals surface area contributed by atoms with Crippen molar-refractivity contribution >= 4 is 0 Å². The Morgan fingerprint density at radius 3 is 2.69 bits per heavy atom. The summed E-state index contributed by atoms with van der Waals surface area (Å²) in [5.41, 5.74) is 0. The van der Waals surface area contributed by atoms with Crippen LogP contribution in [0.5, 0.6) is 0 Å². The van der Waals surface area contributed by atoms with Crippen LogP contribution in [0.2, 0.25) is 0 Å². The van der Waals surface area contributed by atoms with Crippen molar-refractivity contribution in [3.63, 3.8) is 0 Å². The number of likely N-dealkylation sites (N-methyl/N-ethyl adjacent to an activating group) is 2. The summed E-state index contributed by atoms with van der Waals surface area (Å²) in [7, 11) is 2.18. The van der Waals surface area contributed by atoms with E-state index >= 15 is 0 Å². The lowest BCUT2D eigenvalue weighted by Gasteiger charge is -2.35. The molecule has 2 atom stereocenters. The Kier molecular flexibility index (Phi) is 6.32. The molecule has 0 spiro atoms. The highest BCUT2D eigenvalue weighted by Gasteiger charge is 2.25. The van der Waals surface area contributed by atoms with E-state index in [1.54, 1.807) is 0 Å². The second-order valence-electron chi connectivity index (χ2n) is 5.31. The van der Waals surface area contributed by atoms with Crippen molar-refractivity contribution < 1.29 is 4.74 Å². The quantitative estimate of drug-likeness (QED) is 0.749. The molecule has 0 aromatic rings. The summed E-state index contributed by atoms with van der Waals surface area (Å²) < 4.78 is 5.89. The lowest BCUT2D eigenvalue weighted by atomic mass is 9.98. The molecule has 0 saturated carbocycles. The van der Waals surface area contributed by atoms with Crippen LogP contribution in [-0.4, -0.2) is 50.3 Å². The fourth-order valence-corrected chi connectivity index (χ4v) is 2.25. The van der Waals surface area contributed by atoms with Crippen molar-refractivity contribution in [1.82, 2.24) is 10.2 Å². The van der Waals surface area contributed by atoms with E-state index in [0.29, 0.717) is 12.1 Å². The first-order valence-electron chi connectivity index (χ1n) is 6.67. The minimum Gasteiger partial charge on any atom is -0.374 e. The summed E-state index contributed by atoms with van der Waals surface area (Å²) in [5, 5.41) is 3.58. The maximum atomic E-state index is 5.89. The van der Waals surface area contributed by atoms with Gasteiger partial charge in [-0.1, -0.05) is 20.8 Å². The van der Waals surface area contributed by atoms with E-state index in [-0.39, 0.29) is 0 Å². The van der Waals surface area contributed by atoms with Gasteiger partial charge in [-0.15, -0.1) is 0 Å². The van der Waals surface area contributed by atoms with Gasteiger partial charge in [-0.3, -0.25) is 0 Å². The Labute approximate surface area is 101 Å². The van der Waals surface area contributed by atoms with Crippen molar-refractivity contribution in [2.24, 2.45) is 5.92 Å². The Hall–Kier alpha value is -0.120. The van der Waals surface area contributed by atoms with E-state index in [2.05, 4.69) is 38.0 Å². The van der Waals surface area contributed by atoms with E-state index in [1.807, 2.05) is 0 Å². The van der Waals surface area contributed by atoms with Crippen LogP contribution in [-0.2, 0) is 4.74 Å². The molecule has 1 heterocycles. The van der Waals surface area contributed by atoms with Crippen LogP contribution >= 0.6 is 0 Å². The molecule has 0 aliphatic carbocycles. The van der Waals surface area contributed by atoms with Gasteiger partial charge in [0.25, 0.3) is 0 Å². The van der Waals surface area contributed by atoms with Crippen molar-refractivity contribution in [3.05, 3.63) is 0 Å². The average molecular weight is 228 g/mol. The summed E-state index contributed by atoms with van der Waals surface area (Å²) in [4.78, 5) is 2.37. The number of ether oxygens (including phenoxy) is 1. The van der Waals surface area contributed by atoms with Gasteiger partial charge < -0.3 is 15.0 Å². The second kappa shape index (κ2) is 7.25. The molecule has 3 nitrogen and oxygen atoms in total. The number of nitrogens with one attached hydrogen (secondary N) is 1. The summed E-state index contributed by atoms with van der Waals surface area (Å²) in [6.45, 7) is 10.8. The molecule has 1 rings (SSSR count). The van der Waals surface area contributed by atoms with E-state index < -0.39 is 0 Å². The number of morpholine rings is 1. The lowest BCUT2D eigenvalue weighted by Crippen LogP contribution is -2.51. The Balaban J connectivity index is 2.40. The van der Waals surface area contributed by atoms with E-state index in [1.165, 1.54) is 12.8 Å². The summed E-state index contributed by atoms with van der Waals surface area (Å²) in [6.07, 6.45) is 2.88. The van der Waals surface area contributed by atoms with Gasteiger partial charge in [0.05, 0.1) is 12.7 Å². The summed E-state index contributed by atoms with van der Waals surface area (Å²) in [5.74, 6) is 0.780. The molecule has 1 saturated heterocycles. The van der Waals surface area contributed by atoms with Crippen molar-refractivity contribution in [3.8, 4) is 0 Å². The smallest absolute Gasteiger partial charge is 0.0855 e. The molecule has 1 N–H and O–H groups in total. The van der Waals surface area contributed by atoms with Crippen LogP contribution in [0.25, 0.3) is 0 Å². The second-order valence-corrected chi connectivity index (χ2v) is 5.31. The highest BCUT2D eigenvalue weighted by Crippen LogP contribution is 2.14. The van der Waals surface area contributed by atoms with Gasteiger partial charge in [-0.05, 0) is 32.4 Å². The first-order chi connectivity index (χ1) is 7.63. The molecular formula is C13H28N2O. The van der Waals surface area contributed by atoms with Crippen LogP contribution in [0.4, 0.5) is 0 Å². The lowest BCUT2D eigenvalue weighted by molar-refractivity contribution is -0.0403. The Bertz CT molecular complexity index is 185. The monoisotopic (exact) mass is 228 g/mol. The number of hydrogen-bond acceptors (Lipinski definition) is 3. The molecule has 1 fully saturated rings. The SMILES string of the molecule is CCNC(CCC(C)C)C1CN(C)CCO1. The molecule has 1 aliphatic rings. The summed E-state index contributed by atoms with van der Waals surface area (Å²) in [6, 6.07) is 0.523. The molecule has 16 heavy (non-hydrogen) atoms. The first kappa shape index (κ1) is 13.9. The zero-order chi connectivity index (χ0) is 12.0. The van der Waals surface area contributed by atoms with E-state index in [0.717, 1.165) is 32.2 Å². The molecule has 0 aromatic heterocycles. The first-order valence-corrected chi connectivity index (χ1v) is 6.67. The Morgan fingerprint density at radius 2 is 2.12 bits per heavy atom. The molecule has 0 bridgehead atoms. The Morgan fingerprint density at radius 1 is 1.38 bits per heavy atom. The van der Waals surface area contributed by atoms with Crippen molar-refractivity contribution in [1.29, 1.82) is 0 Å². The van der Waals surface area contributed by atoms with E-state index in [9.17, 15) is 0 Å². The highest BCUT2D eigenvalue weighted by atomic mass is 16.5. The zero-order valence-corrected chi connectivity index (χ0v) is 11.3. The molecule has 2 unspecified atom stereocenters. The fraction of sp³-hybridized carbons (Fsp3) is 1.00. The van der Waals surface area contributed by atoms with Gasteiger partial charge in [-0.2, -0.15) is 0 Å². The van der Waals surface area contributed by atoms with Gasteiger partial charge >= 0.3 is 0 Å². The third-order valence-electron chi connectivity index (χ3n) is 3.27. The average Bonchev–Trinajstić information content (AvgIpc) is 2.24. The molecule has 1 aliphatic heterocycles. The number of nitrogens with zero attached hydrogens (tertiary/aromatic N) is 1. The highest BCUT2D eigenvalue weighted by molar-refractivity contribution is 4.82. The molecule has 0 aromatic carbocycles. The van der Waals surface area contributed by atoms with Gasteiger partial charge in [0.1, 0.15) is 0 Å². The zero-order valence-electron chi connectivity index (χ0n) is 11.3. The maximum absolute atomic E-state index is 5.89. The normalized spacial score (nSPS) is 24.9. The van der Waals surface area contributed by atoms with Crippen molar-refractivity contribution in [2.75, 3.05) is 33.3 Å². The van der Waals surface area contributed by atoms with Crippen LogP contribution < -0.4 is 5.32 Å². The van der Waals surface area contributed by atoms with Gasteiger partial charge in [0.15, 0.2) is 0 Å². The topological polar surface area (TPSA) is 24.5 Å². The van der Waals surface area contributed by atoms with Crippen molar-refractivity contribution in [2.45, 2.75) is 45.8 Å². The summed E-state index contributed by atoms with van der Waals surface area (Å²) >= 11 is 0. The maximum Gasteiger partial charge on any atom is 0.0855 e. The third kappa shape index (κ3) is 4.81. The van der Waals surface area contributed by atoms with Crippen LogP contribution in [0.1, 0.15) is 33.6 Å². The minimum atomic E-state index is 0.373. The molecule has 96 valence electrons. The predicted molar refractivity (Wildman–Crippen MR) is 68.8 cm³/mol. The van der Waals surface area contributed by atoms with Gasteiger partial charge in [0.2, 0.25) is 0 Å². The van der Waals surface area contributed by atoms with Gasteiger partial charge in [-0.25, -0.2) is 0 Å². The molecule has 3 heteroatoms. The van der Waals surface area contributed by atoms with Crippen LogP contribution in [0.15, 0.2) is 0 Å². The van der Waals surface area contributed by atoms with Crippen LogP contribution in [0.3, 0.4) is 0 Å².